The van der Waals surface area contributed by atoms with Crippen LogP contribution in [0, 0.1) is 13.8 Å². The molecule has 0 aliphatic carbocycles. The minimum Gasteiger partial charge on any atom is -0.368 e. The number of benzene rings is 2. The Balaban J connectivity index is 1.60. The first kappa shape index (κ1) is 17.3. The maximum Gasteiger partial charge on any atom is 0.321 e. The molecule has 1 fully saturated rings. The predicted molar refractivity (Wildman–Crippen MR) is 105 cm³/mol. The van der Waals surface area contributed by atoms with Crippen LogP contribution < -0.4 is 10.2 Å². The van der Waals surface area contributed by atoms with Gasteiger partial charge in [0.25, 0.3) is 0 Å². The van der Waals surface area contributed by atoms with E-state index in [2.05, 4.69) is 55.3 Å². The lowest BCUT2D eigenvalue weighted by molar-refractivity contribution is 0.208. The molecule has 0 saturated carbocycles. The Kier molecular flexibility index (Phi) is 5.27. The number of anilines is 2. The Labute approximate surface area is 150 Å². The molecule has 2 amide bonds. The Morgan fingerprint density at radius 2 is 1.72 bits per heavy atom. The van der Waals surface area contributed by atoms with Crippen LogP contribution in [0.4, 0.5) is 16.2 Å². The van der Waals surface area contributed by atoms with Crippen molar-refractivity contribution in [2.45, 2.75) is 27.2 Å². The second-order valence-corrected chi connectivity index (χ2v) is 6.68. The van der Waals surface area contributed by atoms with Crippen LogP contribution in [0.3, 0.4) is 0 Å². The lowest BCUT2D eigenvalue weighted by Gasteiger charge is -2.36. The normalized spacial score (nSPS) is 14.5. The van der Waals surface area contributed by atoms with Gasteiger partial charge in [0.1, 0.15) is 0 Å². The number of nitrogens with one attached hydrogen (secondary N) is 1. The van der Waals surface area contributed by atoms with Gasteiger partial charge < -0.3 is 15.1 Å². The van der Waals surface area contributed by atoms with Gasteiger partial charge in [-0.05, 0) is 55.2 Å². The number of nitrogens with zero attached hydrogens (tertiary/aromatic N) is 2. The summed E-state index contributed by atoms with van der Waals surface area (Å²) in [5, 5.41) is 3.07. The molecule has 1 aliphatic heterocycles. The van der Waals surface area contributed by atoms with Crippen LogP contribution in [-0.2, 0) is 6.42 Å². The summed E-state index contributed by atoms with van der Waals surface area (Å²) in [5.74, 6) is 0. The van der Waals surface area contributed by atoms with Gasteiger partial charge in [0, 0.05) is 37.6 Å². The van der Waals surface area contributed by atoms with Crippen LogP contribution >= 0.6 is 0 Å². The zero-order chi connectivity index (χ0) is 17.8. The molecular weight excluding hydrogens is 310 g/mol. The number of aryl methyl sites for hydroxylation is 3. The quantitative estimate of drug-likeness (QED) is 0.910. The summed E-state index contributed by atoms with van der Waals surface area (Å²) in [7, 11) is 0. The summed E-state index contributed by atoms with van der Waals surface area (Å²) in [6.45, 7) is 9.60. The SMILES string of the molecule is CCc1ccccc1NC(=O)N1CCN(c2ccc(C)c(C)c2)CC1. The van der Waals surface area contributed by atoms with Gasteiger partial charge in [0.2, 0.25) is 0 Å². The highest BCUT2D eigenvalue weighted by atomic mass is 16.2. The number of amides is 2. The molecule has 2 aromatic carbocycles. The van der Waals surface area contributed by atoms with E-state index in [0.29, 0.717) is 0 Å². The Morgan fingerprint density at radius 3 is 2.40 bits per heavy atom. The number of para-hydroxylation sites is 1. The number of hydrogen-bond acceptors (Lipinski definition) is 2. The maximum atomic E-state index is 12.6. The highest BCUT2D eigenvalue weighted by Gasteiger charge is 2.22. The predicted octanol–water partition coefficient (Wildman–Crippen LogP) is 4.22. The van der Waals surface area contributed by atoms with Gasteiger partial charge in [-0.25, -0.2) is 4.79 Å². The third-order valence-electron chi connectivity index (χ3n) is 5.06. The molecule has 1 heterocycles. The molecule has 0 aromatic heterocycles. The number of urea groups is 1. The van der Waals surface area contributed by atoms with E-state index in [9.17, 15) is 4.79 Å². The van der Waals surface area contributed by atoms with Gasteiger partial charge in [-0.1, -0.05) is 31.2 Å². The smallest absolute Gasteiger partial charge is 0.321 e. The van der Waals surface area contributed by atoms with E-state index in [0.717, 1.165) is 38.3 Å². The third-order valence-corrected chi connectivity index (χ3v) is 5.06. The van der Waals surface area contributed by atoms with Crippen molar-refractivity contribution in [1.29, 1.82) is 0 Å². The van der Waals surface area contributed by atoms with E-state index in [1.54, 1.807) is 0 Å². The molecule has 0 unspecified atom stereocenters. The molecule has 1 aliphatic rings. The van der Waals surface area contributed by atoms with Crippen LogP contribution in [0.15, 0.2) is 42.5 Å². The van der Waals surface area contributed by atoms with Crippen LogP contribution in [-0.4, -0.2) is 37.1 Å². The first-order valence-corrected chi connectivity index (χ1v) is 9.04. The summed E-state index contributed by atoms with van der Waals surface area (Å²) in [5.41, 5.74) is 5.97. The number of rotatable bonds is 3. The van der Waals surface area contributed by atoms with Crippen molar-refractivity contribution in [2.75, 3.05) is 36.4 Å². The van der Waals surface area contributed by atoms with Crippen molar-refractivity contribution in [3.63, 3.8) is 0 Å². The summed E-state index contributed by atoms with van der Waals surface area (Å²) in [6.07, 6.45) is 0.914. The number of carbonyl (C=O) groups is 1. The number of carbonyl (C=O) groups excluding carboxylic acids is 1. The lowest BCUT2D eigenvalue weighted by atomic mass is 10.1. The van der Waals surface area contributed by atoms with Crippen molar-refractivity contribution < 1.29 is 4.79 Å². The Morgan fingerprint density at radius 1 is 1.00 bits per heavy atom. The Bertz CT molecular complexity index is 749. The minimum atomic E-state index is 0.000590. The van der Waals surface area contributed by atoms with Crippen molar-refractivity contribution in [3.8, 4) is 0 Å². The van der Waals surface area contributed by atoms with E-state index in [4.69, 9.17) is 0 Å². The standard InChI is InChI=1S/C21H27N3O/c1-4-18-7-5-6-8-20(18)22-21(25)24-13-11-23(12-14-24)19-10-9-16(2)17(3)15-19/h5-10,15H,4,11-14H2,1-3H3,(H,22,25). The van der Waals surface area contributed by atoms with Crippen LogP contribution in [0.2, 0.25) is 0 Å². The molecule has 4 heteroatoms. The minimum absolute atomic E-state index is 0.000590. The molecule has 25 heavy (non-hydrogen) atoms. The third kappa shape index (κ3) is 3.95. The molecule has 2 aromatic rings. The zero-order valence-corrected chi connectivity index (χ0v) is 15.4. The maximum absolute atomic E-state index is 12.6. The van der Waals surface area contributed by atoms with Gasteiger partial charge >= 0.3 is 6.03 Å². The van der Waals surface area contributed by atoms with Crippen molar-refractivity contribution in [3.05, 3.63) is 59.2 Å². The average Bonchev–Trinajstić information content (AvgIpc) is 2.64. The molecule has 132 valence electrons. The number of piperazine rings is 1. The molecule has 1 N–H and O–H groups in total. The monoisotopic (exact) mass is 337 g/mol. The summed E-state index contributed by atoms with van der Waals surface area (Å²) in [4.78, 5) is 16.8. The van der Waals surface area contributed by atoms with Crippen molar-refractivity contribution in [2.24, 2.45) is 0 Å². The average molecular weight is 337 g/mol. The zero-order valence-electron chi connectivity index (χ0n) is 15.4. The van der Waals surface area contributed by atoms with Gasteiger partial charge in [0.15, 0.2) is 0 Å². The molecule has 3 rings (SSSR count). The fourth-order valence-electron chi connectivity index (χ4n) is 3.23. The molecule has 0 radical (unpaired) electrons. The van der Waals surface area contributed by atoms with Crippen molar-refractivity contribution in [1.82, 2.24) is 4.90 Å². The van der Waals surface area contributed by atoms with Crippen LogP contribution in [0.25, 0.3) is 0 Å². The molecule has 0 bridgehead atoms. The molecule has 0 atom stereocenters. The van der Waals surface area contributed by atoms with E-state index in [-0.39, 0.29) is 6.03 Å². The molecule has 1 saturated heterocycles. The second-order valence-electron chi connectivity index (χ2n) is 6.68. The Hall–Kier alpha value is -2.49. The first-order valence-electron chi connectivity index (χ1n) is 9.04. The first-order chi connectivity index (χ1) is 12.1. The lowest BCUT2D eigenvalue weighted by Crippen LogP contribution is -2.50. The molecule has 4 nitrogen and oxygen atoms in total. The highest BCUT2D eigenvalue weighted by Crippen LogP contribution is 2.21. The molecular formula is C21H27N3O. The van der Waals surface area contributed by atoms with E-state index >= 15 is 0 Å². The second kappa shape index (κ2) is 7.60. The van der Waals surface area contributed by atoms with E-state index in [1.165, 1.54) is 22.4 Å². The fourth-order valence-corrected chi connectivity index (χ4v) is 3.23. The number of hydrogen-bond donors (Lipinski definition) is 1. The summed E-state index contributed by atoms with van der Waals surface area (Å²) in [6, 6.07) is 14.6. The molecule has 0 spiro atoms. The van der Waals surface area contributed by atoms with Gasteiger partial charge in [-0.3, -0.25) is 0 Å². The summed E-state index contributed by atoms with van der Waals surface area (Å²) >= 11 is 0. The van der Waals surface area contributed by atoms with Gasteiger partial charge in [-0.15, -0.1) is 0 Å². The highest BCUT2D eigenvalue weighted by molar-refractivity contribution is 5.90. The van der Waals surface area contributed by atoms with Gasteiger partial charge in [-0.2, -0.15) is 0 Å². The van der Waals surface area contributed by atoms with Crippen LogP contribution in [0.1, 0.15) is 23.6 Å². The van der Waals surface area contributed by atoms with Crippen molar-refractivity contribution >= 4 is 17.4 Å². The largest absolute Gasteiger partial charge is 0.368 e. The summed E-state index contributed by atoms with van der Waals surface area (Å²) < 4.78 is 0. The topological polar surface area (TPSA) is 35.6 Å². The van der Waals surface area contributed by atoms with E-state index < -0.39 is 0 Å². The van der Waals surface area contributed by atoms with Gasteiger partial charge in [0.05, 0.1) is 0 Å². The van der Waals surface area contributed by atoms with E-state index in [1.807, 2.05) is 23.1 Å². The van der Waals surface area contributed by atoms with Crippen LogP contribution in [0.5, 0.6) is 0 Å². The fraction of sp³-hybridized carbons (Fsp3) is 0.381.